The largest absolute Gasteiger partial charge is 0.494 e. The van der Waals surface area contributed by atoms with Crippen LogP contribution >= 0.6 is 0 Å². The molecule has 0 aromatic heterocycles. The Bertz CT molecular complexity index is 676. The highest BCUT2D eigenvalue weighted by Gasteiger charge is 2.13. The predicted molar refractivity (Wildman–Crippen MR) is 84.2 cm³/mol. The third-order valence-corrected chi connectivity index (χ3v) is 4.31. The van der Waals surface area contributed by atoms with Gasteiger partial charge in [0.05, 0.1) is 11.5 Å². The van der Waals surface area contributed by atoms with Gasteiger partial charge in [0.15, 0.2) is 0 Å². The van der Waals surface area contributed by atoms with E-state index >= 15 is 0 Å². The van der Waals surface area contributed by atoms with E-state index in [-0.39, 0.29) is 4.90 Å². The van der Waals surface area contributed by atoms with E-state index < -0.39 is 10.0 Å². The quantitative estimate of drug-likeness (QED) is 0.887. The van der Waals surface area contributed by atoms with Crippen molar-refractivity contribution in [2.75, 3.05) is 11.3 Å². The minimum atomic E-state index is -3.55. The van der Waals surface area contributed by atoms with E-state index in [4.69, 9.17) is 4.74 Å². The molecule has 0 heterocycles. The van der Waals surface area contributed by atoms with Crippen LogP contribution < -0.4 is 9.46 Å². The number of ether oxygens (including phenoxy) is 1. The van der Waals surface area contributed by atoms with Gasteiger partial charge >= 0.3 is 0 Å². The van der Waals surface area contributed by atoms with Crippen LogP contribution in [0, 0.1) is 6.92 Å². The molecule has 0 bridgehead atoms. The summed E-state index contributed by atoms with van der Waals surface area (Å²) >= 11 is 0. The highest BCUT2D eigenvalue weighted by molar-refractivity contribution is 7.92. The van der Waals surface area contributed by atoms with Gasteiger partial charge in [-0.2, -0.15) is 0 Å². The van der Waals surface area contributed by atoms with Gasteiger partial charge in [0, 0.05) is 5.69 Å². The van der Waals surface area contributed by atoms with Crippen molar-refractivity contribution in [3.63, 3.8) is 0 Å². The minimum absolute atomic E-state index is 0.249. The van der Waals surface area contributed by atoms with Crippen LogP contribution in [-0.2, 0) is 10.0 Å². The predicted octanol–water partition coefficient (Wildman–Crippen LogP) is 3.58. The molecule has 0 amide bonds. The van der Waals surface area contributed by atoms with Crippen molar-refractivity contribution < 1.29 is 13.2 Å². The maximum atomic E-state index is 12.2. The monoisotopic (exact) mass is 305 g/mol. The van der Waals surface area contributed by atoms with Gasteiger partial charge in [-0.05, 0) is 49.7 Å². The second-order valence-corrected chi connectivity index (χ2v) is 6.47. The fourth-order valence-electron chi connectivity index (χ4n) is 1.77. The number of benzene rings is 2. The van der Waals surface area contributed by atoms with Crippen molar-refractivity contribution >= 4 is 15.7 Å². The first-order valence-electron chi connectivity index (χ1n) is 6.83. The van der Waals surface area contributed by atoms with Crippen LogP contribution in [0.1, 0.15) is 18.9 Å². The number of sulfonamides is 1. The molecule has 0 spiro atoms. The summed E-state index contributed by atoms with van der Waals surface area (Å²) in [6.07, 6.45) is 0.932. The third-order valence-electron chi connectivity index (χ3n) is 2.91. The summed E-state index contributed by atoms with van der Waals surface area (Å²) in [5.41, 5.74) is 1.53. The first-order chi connectivity index (χ1) is 10.0. The molecule has 0 aliphatic heterocycles. The van der Waals surface area contributed by atoms with Crippen LogP contribution in [0.4, 0.5) is 5.69 Å². The molecule has 2 aromatic rings. The molecule has 0 atom stereocenters. The van der Waals surface area contributed by atoms with E-state index in [9.17, 15) is 8.42 Å². The number of aryl methyl sites for hydroxylation is 1. The summed E-state index contributed by atoms with van der Waals surface area (Å²) in [5.74, 6) is 0.732. The summed E-state index contributed by atoms with van der Waals surface area (Å²) in [4.78, 5) is 0.249. The second kappa shape index (κ2) is 6.63. The molecule has 0 aliphatic rings. The second-order valence-electron chi connectivity index (χ2n) is 4.79. The Hall–Kier alpha value is -2.01. The normalized spacial score (nSPS) is 11.1. The van der Waals surface area contributed by atoms with Crippen LogP contribution in [0.15, 0.2) is 53.4 Å². The molecule has 0 saturated carbocycles. The van der Waals surface area contributed by atoms with E-state index in [1.807, 2.05) is 13.8 Å². The van der Waals surface area contributed by atoms with Gasteiger partial charge in [-0.3, -0.25) is 4.72 Å². The molecular formula is C16H19NO3S. The molecule has 0 fully saturated rings. The van der Waals surface area contributed by atoms with Gasteiger partial charge in [0.2, 0.25) is 0 Å². The number of hydrogen-bond donors (Lipinski definition) is 1. The molecule has 4 nitrogen and oxygen atoms in total. The van der Waals surface area contributed by atoms with Gasteiger partial charge < -0.3 is 4.74 Å². The smallest absolute Gasteiger partial charge is 0.261 e. The molecule has 0 unspecified atom stereocenters. The maximum absolute atomic E-state index is 12.2. The van der Waals surface area contributed by atoms with Crippen LogP contribution in [0.25, 0.3) is 0 Å². The molecule has 2 aromatic carbocycles. The number of anilines is 1. The van der Waals surface area contributed by atoms with Crippen molar-refractivity contribution in [2.24, 2.45) is 0 Å². The summed E-state index contributed by atoms with van der Waals surface area (Å²) in [7, 11) is -3.55. The lowest BCUT2D eigenvalue weighted by Crippen LogP contribution is -2.12. The third kappa shape index (κ3) is 4.23. The SMILES string of the molecule is CCCOc1ccc(NS(=O)(=O)c2ccc(C)cc2)cc1. The lowest BCUT2D eigenvalue weighted by atomic mass is 10.2. The summed E-state index contributed by atoms with van der Waals surface area (Å²) < 4.78 is 32.5. The zero-order valence-corrected chi connectivity index (χ0v) is 13.0. The van der Waals surface area contributed by atoms with E-state index in [2.05, 4.69) is 4.72 Å². The van der Waals surface area contributed by atoms with Crippen molar-refractivity contribution in [1.82, 2.24) is 0 Å². The van der Waals surface area contributed by atoms with E-state index in [1.165, 1.54) is 0 Å². The standard InChI is InChI=1S/C16H19NO3S/c1-3-12-20-15-8-6-14(7-9-15)17-21(18,19)16-10-4-13(2)5-11-16/h4-11,17H,3,12H2,1-2H3. The minimum Gasteiger partial charge on any atom is -0.494 e. The first-order valence-corrected chi connectivity index (χ1v) is 8.32. The van der Waals surface area contributed by atoms with Gasteiger partial charge in [0.25, 0.3) is 10.0 Å². The zero-order valence-electron chi connectivity index (χ0n) is 12.2. The lowest BCUT2D eigenvalue weighted by Gasteiger charge is -2.09. The molecule has 1 N–H and O–H groups in total. The Labute approximate surface area is 125 Å². The van der Waals surface area contributed by atoms with Gasteiger partial charge in [-0.25, -0.2) is 8.42 Å². The molecule has 0 radical (unpaired) electrons. The van der Waals surface area contributed by atoms with Crippen LogP contribution in [0.5, 0.6) is 5.75 Å². The van der Waals surface area contributed by atoms with Crippen molar-refractivity contribution in [2.45, 2.75) is 25.2 Å². The molecule has 0 aliphatic carbocycles. The molecule has 112 valence electrons. The van der Waals surface area contributed by atoms with Gasteiger partial charge in [-0.1, -0.05) is 24.6 Å². The van der Waals surface area contributed by atoms with E-state index in [1.54, 1.807) is 48.5 Å². The Morgan fingerprint density at radius 3 is 2.19 bits per heavy atom. The summed E-state index contributed by atoms with van der Waals surface area (Å²) in [5, 5.41) is 0. The summed E-state index contributed by atoms with van der Waals surface area (Å²) in [6.45, 7) is 4.59. The highest BCUT2D eigenvalue weighted by atomic mass is 32.2. The van der Waals surface area contributed by atoms with E-state index in [0.717, 1.165) is 17.7 Å². The zero-order chi connectivity index (χ0) is 15.3. The Balaban J connectivity index is 2.11. The van der Waals surface area contributed by atoms with Crippen LogP contribution in [0.2, 0.25) is 0 Å². The van der Waals surface area contributed by atoms with Gasteiger partial charge in [-0.15, -0.1) is 0 Å². The average molecular weight is 305 g/mol. The Morgan fingerprint density at radius 2 is 1.62 bits per heavy atom. The van der Waals surface area contributed by atoms with Crippen LogP contribution in [-0.4, -0.2) is 15.0 Å². The highest BCUT2D eigenvalue weighted by Crippen LogP contribution is 2.19. The number of rotatable bonds is 6. The van der Waals surface area contributed by atoms with Crippen LogP contribution in [0.3, 0.4) is 0 Å². The number of hydrogen-bond acceptors (Lipinski definition) is 3. The average Bonchev–Trinajstić information content (AvgIpc) is 2.47. The maximum Gasteiger partial charge on any atom is 0.261 e. The molecule has 5 heteroatoms. The van der Waals surface area contributed by atoms with E-state index in [0.29, 0.717) is 12.3 Å². The fraction of sp³-hybridized carbons (Fsp3) is 0.250. The fourth-order valence-corrected chi connectivity index (χ4v) is 2.83. The first kappa shape index (κ1) is 15.4. The lowest BCUT2D eigenvalue weighted by molar-refractivity contribution is 0.317. The topological polar surface area (TPSA) is 55.4 Å². The van der Waals surface area contributed by atoms with Crippen molar-refractivity contribution in [3.8, 4) is 5.75 Å². The molecule has 2 rings (SSSR count). The van der Waals surface area contributed by atoms with Crippen molar-refractivity contribution in [1.29, 1.82) is 0 Å². The summed E-state index contributed by atoms with van der Waals surface area (Å²) in [6, 6.07) is 13.6. The number of nitrogens with one attached hydrogen (secondary N) is 1. The Kier molecular flexibility index (Phi) is 4.85. The molecular weight excluding hydrogens is 286 g/mol. The molecule has 21 heavy (non-hydrogen) atoms. The Morgan fingerprint density at radius 1 is 1.00 bits per heavy atom. The van der Waals surface area contributed by atoms with Gasteiger partial charge in [0.1, 0.15) is 5.75 Å². The molecule has 0 saturated heterocycles. The van der Waals surface area contributed by atoms with Crippen molar-refractivity contribution in [3.05, 3.63) is 54.1 Å².